The van der Waals surface area contributed by atoms with E-state index in [0.717, 1.165) is 0 Å². The molecule has 0 aliphatic rings. The van der Waals surface area contributed by atoms with Gasteiger partial charge in [-0.3, -0.25) is 0 Å². The molecule has 0 saturated heterocycles. The van der Waals surface area contributed by atoms with E-state index in [1.165, 1.54) is 0 Å². The Labute approximate surface area is 82.8 Å². The van der Waals surface area contributed by atoms with E-state index >= 15 is 0 Å². The molecule has 0 aromatic rings. The number of hydrogen-bond acceptors (Lipinski definition) is 4. The van der Waals surface area contributed by atoms with Gasteiger partial charge in [0, 0.05) is 6.61 Å². The van der Waals surface area contributed by atoms with E-state index in [2.05, 4.69) is 0 Å². The fourth-order valence-corrected chi connectivity index (χ4v) is 0.0577. The molecule has 0 aliphatic heterocycles. The summed E-state index contributed by atoms with van der Waals surface area (Å²) in [5, 5.41) is 31.6. The number of aliphatic hydroxyl groups is 4. The zero-order chi connectivity index (χ0) is 7.70. The van der Waals surface area contributed by atoms with Gasteiger partial charge in [-0.15, -0.1) is 0 Å². The molecule has 0 amide bonds. The van der Waals surface area contributed by atoms with Crippen LogP contribution in [0.4, 0.5) is 0 Å². The summed E-state index contributed by atoms with van der Waals surface area (Å²) in [6.45, 7) is 1.20. The fourth-order valence-electron chi connectivity index (χ4n) is 0.0577. The van der Waals surface area contributed by atoms with Crippen molar-refractivity contribution in [2.75, 3.05) is 19.8 Å². The fraction of sp³-hybridized carbons (Fsp3) is 1.00. The quantitative estimate of drug-likeness (QED) is 0.344. The molecular formula is C5H15NaO4. The molecule has 0 spiro atoms. The van der Waals surface area contributed by atoms with Crippen LogP contribution in [-0.4, -0.2) is 75.9 Å². The van der Waals surface area contributed by atoms with Crippen LogP contribution in [0.1, 0.15) is 6.92 Å². The second-order valence-electron chi connectivity index (χ2n) is 1.34. The molecule has 0 bridgehead atoms. The minimum absolute atomic E-state index is 0. The third-order valence-corrected chi connectivity index (χ3v) is 0.421. The summed E-state index contributed by atoms with van der Waals surface area (Å²) in [5.41, 5.74) is 0. The molecule has 0 unspecified atom stereocenters. The van der Waals surface area contributed by atoms with Crippen molar-refractivity contribution in [1.82, 2.24) is 0 Å². The van der Waals surface area contributed by atoms with E-state index in [4.69, 9.17) is 20.4 Å². The van der Waals surface area contributed by atoms with Crippen LogP contribution < -0.4 is 0 Å². The van der Waals surface area contributed by atoms with Crippen molar-refractivity contribution < 1.29 is 20.4 Å². The summed E-state index contributed by atoms with van der Waals surface area (Å²) >= 11 is 0. The molecule has 10 heavy (non-hydrogen) atoms. The summed E-state index contributed by atoms with van der Waals surface area (Å²) in [4.78, 5) is 0. The van der Waals surface area contributed by atoms with Gasteiger partial charge in [-0.1, -0.05) is 0 Å². The van der Waals surface area contributed by atoms with Crippen LogP contribution in [0.2, 0.25) is 0 Å². The van der Waals surface area contributed by atoms with Crippen LogP contribution in [0.25, 0.3) is 0 Å². The van der Waals surface area contributed by atoms with Gasteiger partial charge in [-0.25, -0.2) is 0 Å². The molecule has 0 aliphatic carbocycles. The summed E-state index contributed by atoms with van der Waals surface area (Å²) in [7, 11) is 0. The van der Waals surface area contributed by atoms with Gasteiger partial charge in [0.05, 0.1) is 13.2 Å². The molecule has 0 aromatic carbocycles. The predicted molar refractivity (Wildman–Crippen MR) is 40.1 cm³/mol. The zero-order valence-electron chi connectivity index (χ0n) is 5.49. The first-order valence-corrected chi connectivity index (χ1v) is 2.73. The molecule has 5 heteroatoms. The third kappa shape index (κ3) is 23.2. The van der Waals surface area contributed by atoms with Crippen LogP contribution in [-0.2, 0) is 0 Å². The Kier molecular flexibility index (Phi) is 28.1. The molecular weight excluding hydrogens is 147 g/mol. The van der Waals surface area contributed by atoms with Crippen LogP contribution in [0, 0.1) is 0 Å². The molecule has 0 saturated carbocycles. The monoisotopic (exact) mass is 162 g/mol. The van der Waals surface area contributed by atoms with E-state index < -0.39 is 6.10 Å². The van der Waals surface area contributed by atoms with Gasteiger partial charge < -0.3 is 20.4 Å². The van der Waals surface area contributed by atoms with Crippen LogP contribution in [0.5, 0.6) is 0 Å². The Balaban J connectivity index is -0.000000107. The second kappa shape index (κ2) is 16.4. The molecule has 0 atom stereocenters. The molecule has 4 N–H and O–H groups in total. The standard InChI is InChI=1S/C3H8O3.C2H6O.Na.H/c4-1-3(6)2-5;1-2-3;;/h3-6H,1-2H2;3H,2H2,1H3;;. The van der Waals surface area contributed by atoms with E-state index in [1.54, 1.807) is 6.92 Å². The van der Waals surface area contributed by atoms with Crippen molar-refractivity contribution in [2.24, 2.45) is 0 Å². The Hall–Kier alpha value is 0.840. The Morgan fingerprint density at radius 3 is 1.30 bits per heavy atom. The van der Waals surface area contributed by atoms with E-state index in [1.807, 2.05) is 0 Å². The third-order valence-electron chi connectivity index (χ3n) is 0.421. The van der Waals surface area contributed by atoms with Crippen LogP contribution in [0.3, 0.4) is 0 Å². The van der Waals surface area contributed by atoms with Crippen molar-refractivity contribution in [3.05, 3.63) is 0 Å². The Morgan fingerprint density at radius 2 is 1.30 bits per heavy atom. The Bertz CT molecular complexity index is 40.6. The molecule has 4 nitrogen and oxygen atoms in total. The average molecular weight is 162 g/mol. The van der Waals surface area contributed by atoms with Gasteiger partial charge >= 0.3 is 29.6 Å². The topological polar surface area (TPSA) is 80.9 Å². The molecule has 0 fully saturated rings. The van der Waals surface area contributed by atoms with Crippen molar-refractivity contribution in [3.8, 4) is 0 Å². The Morgan fingerprint density at radius 1 is 1.10 bits per heavy atom. The zero-order valence-corrected chi connectivity index (χ0v) is 5.49. The summed E-state index contributed by atoms with van der Waals surface area (Å²) in [5.74, 6) is 0. The number of rotatable bonds is 2. The molecule has 0 radical (unpaired) electrons. The van der Waals surface area contributed by atoms with E-state index in [0.29, 0.717) is 0 Å². The van der Waals surface area contributed by atoms with Gasteiger partial charge in [0.1, 0.15) is 6.10 Å². The minimum atomic E-state index is -0.954. The van der Waals surface area contributed by atoms with Crippen molar-refractivity contribution in [2.45, 2.75) is 13.0 Å². The van der Waals surface area contributed by atoms with Crippen molar-refractivity contribution >= 4 is 29.6 Å². The number of hydrogen-bond donors (Lipinski definition) is 4. The number of aliphatic hydroxyl groups excluding tert-OH is 4. The SMILES string of the molecule is CCO.OCC(O)CO.[NaH]. The molecule has 0 heterocycles. The molecule has 60 valence electrons. The normalized spacial score (nSPS) is 7.80. The first-order chi connectivity index (χ1) is 4.22. The van der Waals surface area contributed by atoms with E-state index in [-0.39, 0.29) is 49.4 Å². The van der Waals surface area contributed by atoms with Gasteiger partial charge in [0.15, 0.2) is 0 Å². The van der Waals surface area contributed by atoms with Gasteiger partial charge in [0.2, 0.25) is 0 Å². The second-order valence-corrected chi connectivity index (χ2v) is 1.34. The first kappa shape index (κ1) is 17.1. The summed E-state index contributed by atoms with van der Waals surface area (Å²) < 4.78 is 0. The summed E-state index contributed by atoms with van der Waals surface area (Å²) in [6.07, 6.45) is -0.954. The average Bonchev–Trinajstić information content (AvgIpc) is 1.88. The first-order valence-electron chi connectivity index (χ1n) is 2.73. The van der Waals surface area contributed by atoms with Gasteiger partial charge in [0.25, 0.3) is 0 Å². The molecule has 0 aromatic heterocycles. The van der Waals surface area contributed by atoms with Gasteiger partial charge in [-0.05, 0) is 6.92 Å². The van der Waals surface area contributed by atoms with Gasteiger partial charge in [-0.2, -0.15) is 0 Å². The van der Waals surface area contributed by atoms with Crippen molar-refractivity contribution in [1.29, 1.82) is 0 Å². The van der Waals surface area contributed by atoms with E-state index in [9.17, 15) is 0 Å². The molecule has 0 rings (SSSR count). The van der Waals surface area contributed by atoms with Crippen molar-refractivity contribution in [3.63, 3.8) is 0 Å². The maximum absolute atomic E-state index is 8.17. The summed E-state index contributed by atoms with van der Waals surface area (Å²) in [6, 6.07) is 0. The predicted octanol–water partition coefficient (Wildman–Crippen LogP) is -2.32. The van der Waals surface area contributed by atoms with Crippen LogP contribution in [0.15, 0.2) is 0 Å². The maximum atomic E-state index is 8.17. The van der Waals surface area contributed by atoms with Crippen LogP contribution >= 0.6 is 0 Å².